The number of fused-ring (bicyclic) bond motifs is 2. The third kappa shape index (κ3) is 6.31. The van der Waals surface area contributed by atoms with Gasteiger partial charge >= 0.3 is 0 Å². The Hall–Kier alpha value is -5.17. The number of nitrogens with zero attached hydrogens (tertiary/aromatic N) is 1. The van der Waals surface area contributed by atoms with E-state index in [1.807, 2.05) is 58.9 Å². The molecule has 0 unspecified atom stereocenters. The lowest BCUT2D eigenvalue weighted by atomic mass is 9.82. The number of benzene rings is 4. The van der Waals surface area contributed by atoms with Gasteiger partial charge in [-0.3, -0.25) is 14.4 Å². The van der Waals surface area contributed by atoms with Crippen molar-refractivity contribution in [1.82, 2.24) is 4.90 Å². The Balaban J connectivity index is 1.51. The topological polar surface area (TPSA) is 87.7 Å². The molecular formula is C39H41N3O4. The number of nitrogens with one attached hydrogen (secondary N) is 2. The van der Waals surface area contributed by atoms with E-state index < -0.39 is 0 Å². The molecule has 0 radical (unpaired) electrons. The molecule has 46 heavy (non-hydrogen) atoms. The van der Waals surface area contributed by atoms with Gasteiger partial charge in [-0.2, -0.15) is 0 Å². The molecule has 0 heterocycles. The summed E-state index contributed by atoms with van der Waals surface area (Å²) in [5.74, 6) is 0.0708. The van der Waals surface area contributed by atoms with Crippen molar-refractivity contribution in [3.05, 3.63) is 123 Å². The predicted octanol–water partition coefficient (Wildman–Crippen LogP) is 8.29. The molecule has 0 aliphatic heterocycles. The van der Waals surface area contributed by atoms with Crippen LogP contribution in [0, 0.1) is 34.6 Å². The third-order valence-electron chi connectivity index (χ3n) is 8.34. The van der Waals surface area contributed by atoms with Gasteiger partial charge in [-0.15, -0.1) is 6.58 Å². The summed E-state index contributed by atoms with van der Waals surface area (Å²) in [6.45, 7) is 16.8. The second-order valence-corrected chi connectivity index (χ2v) is 12.0. The SMILES string of the molecule is C=CCN(CCC)C(=O)COc1cc(C)c(Nc2ccc(Nc3c(C)cc(C)cc3C)c3c2C(=O)c2ccccc2C3=O)c(C)c1. The first-order valence-electron chi connectivity index (χ1n) is 15.6. The fourth-order valence-electron chi connectivity index (χ4n) is 6.26. The number of aryl methyl sites for hydroxylation is 5. The maximum Gasteiger partial charge on any atom is 0.260 e. The van der Waals surface area contributed by atoms with Crippen LogP contribution in [0.2, 0.25) is 0 Å². The molecule has 1 aliphatic rings. The number of amides is 1. The first-order valence-corrected chi connectivity index (χ1v) is 15.6. The van der Waals surface area contributed by atoms with Gasteiger partial charge < -0.3 is 20.3 Å². The van der Waals surface area contributed by atoms with Crippen LogP contribution in [-0.2, 0) is 4.79 Å². The molecule has 5 rings (SSSR count). The van der Waals surface area contributed by atoms with E-state index in [1.54, 1.807) is 35.2 Å². The van der Waals surface area contributed by atoms with Crippen molar-refractivity contribution in [3.8, 4) is 5.75 Å². The van der Waals surface area contributed by atoms with E-state index in [9.17, 15) is 14.4 Å². The number of carbonyl (C=O) groups is 3. The van der Waals surface area contributed by atoms with E-state index >= 15 is 0 Å². The highest BCUT2D eigenvalue weighted by atomic mass is 16.5. The van der Waals surface area contributed by atoms with Crippen molar-refractivity contribution in [2.24, 2.45) is 0 Å². The van der Waals surface area contributed by atoms with Crippen molar-refractivity contribution in [2.45, 2.75) is 48.0 Å². The van der Waals surface area contributed by atoms with E-state index in [2.05, 4.69) is 36.3 Å². The molecule has 7 nitrogen and oxygen atoms in total. The zero-order valence-corrected chi connectivity index (χ0v) is 27.5. The summed E-state index contributed by atoms with van der Waals surface area (Å²) < 4.78 is 5.91. The highest BCUT2D eigenvalue weighted by Crippen LogP contribution is 2.40. The normalized spacial score (nSPS) is 11.9. The van der Waals surface area contributed by atoms with Crippen LogP contribution in [0.15, 0.2) is 73.3 Å². The van der Waals surface area contributed by atoms with Crippen LogP contribution in [0.4, 0.5) is 22.7 Å². The highest BCUT2D eigenvalue weighted by Gasteiger charge is 2.34. The zero-order valence-electron chi connectivity index (χ0n) is 27.5. The summed E-state index contributed by atoms with van der Waals surface area (Å²) >= 11 is 0. The molecule has 0 saturated carbocycles. The lowest BCUT2D eigenvalue weighted by molar-refractivity contribution is -0.132. The molecular weight excluding hydrogens is 574 g/mol. The van der Waals surface area contributed by atoms with Crippen molar-refractivity contribution in [1.29, 1.82) is 0 Å². The monoisotopic (exact) mass is 615 g/mol. The number of rotatable bonds is 11. The van der Waals surface area contributed by atoms with Crippen LogP contribution in [0.1, 0.15) is 73.0 Å². The lowest BCUT2D eigenvalue weighted by Crippen LogP contribution is -2.35. The maximum atomic E-state index is 14.1. The van der Waals surface area contributed by atoms with Crippen LogP contribution in [-0.4, -0.2) is 42.1 Å². The standard InChI is InChI=1S/C39H41N3O4/c1-8-16-42(17-9-2)33(43)22-46-28-20-26(6)37(27(7)21-28)41-32-15-14-31(40-36-24(4)18-23(3)19-25(36)5)34-35(32)39(45)30-13-11-10-12-29(30)38(34)44/h8,10-15,18-21,40-41H,1,9,16-17,22H2,2-7H3. The van der Waals surface area contributed by atoms with Gasteiger partial charge in [-0.1, -0.05) is 55.0 Å². The Morgan fingerprint density at radius 1 is 0.783 bits per heavy atom. The van der Waals surface area contributed by atoms with Crippen molar-refractivity contribution >= 4 is 40.2 Å². The molecule has 0 bridgehead atoms. The summed E-state index contributed by atoms with van der Waals surface area (Å²) in [5, 5.41) is 6.96. The van der Waals surface area contributed by atoms with Crippen molar-refractivity contribution in [3.63, 3.8) is 0 Å². The van der Waals surface area contributed by atoms with Crippen LogP contribution in [0.25, 0.3) is 0 Å². The van der Waals surface area contributed by atoms with Crippen LogP contribution in [0.3, 0.4) is 0 Å². The van der Waals surface area contributed by atoms with E-state index in [0.29, 0.717) is 52.5 Å². The molecule has 0 aromatic heterocycles. The molecule has 4 aromatic rings. The Morgan fingerprint density at radius 2 is 1.26 bits per heavy atom. The minimum absolute atomic E-state index is 0.0720. The lowest BCUT2D eigenvalue weighted by Gasteiger charge is -2.25. The number of ether oxygens (including phenoxy) is 1. The Morgan fingerprint density at radius 3 is 1.72 bits per heavy atom. The predicted molar refractivity (Wildman–Crippen MR) is 185 cm³/mol. The van der Waals surface area contributed by atoms with Gasteiger partial charge in [0.1, 0.15) is 5.75 Å². The Bertz CT molecular complexity index is 1830. The number of anilines is 4. The molecule has 0 saturated heterocycles. The van der Waals surface area contributed by atoms with Gasteiger partial charge in [0.05, 0.1) is 22.5 Å². The number of hydrogen-bond acceptors (Lipinski definition) is 6. The fraction of sp³-hybridized carbons (Fsp3) is 0.256. The number of ketones is 2. The summed E-state index contributed by atoms with van der Waals surface area (Å²) in [5.41, 5.74) is 9.30. The minimum Gasteiger partial charge on any atom is -0.484 e. The van der Waals surface area contributed by atoms with E-state index in [1.165, 1.54) is 0 Å². The summed E-state index contributed by atoms with van der Waals surface area (Å²) in [4.78, 5) is 42.6. The number of hydrogen-bond donors (Lipinski definition) is 2. The molecule has 236 valence electrons. The minimum atomic E-state index is -0.210. The van der Waals surface area contributed by atoms with Crippen molar-refractivity contribution in [2.75, 3.05) is 30.3 Å². The van der Waals surface area contributed by atoms with Gasteiger partial charge in [-0.05, 0) is 87.6 Å². The smallest absolute Gasteiger partial charge is 0.260 e. The quantitative estimate of drug-likeness (QED) is 0.145. The molecule has 0 spiro atoms. The van der Waals surface area contributed by atoms with Gasteiger partial charge in [0.15, 0.2) is 18.2 Å². The van der Waals surface area contributed by atoms with Gasteiger partial charge in [0.2, 0.25) is 0 Å². The van der Waals surface area contributed by atoms with Crippen LogP contribution >= 0.6 is 0 Å². The first kappa shape index (κ1) is 32.2. The summed E-state index contributed by atoms with van der Waals surface area (Å²) in [6.07, 6.45) is 2.56. The Labute approximate surface area is 271 Å². The van der Waals surface area contributed by atoms with Crippen molar-refractivity contribution < 1.29 is 19.1 Å². The van der Waals surface area contributed by atoms with Gasteiger partial charge in [0.25, 0.3) is 5.91 Å². The Kier molecular flexibility index (Phi) is 9.42. The first-order chi connectivity index (χ1) is 22.0. The molecule has 0 fully saturated rings. The molecule has 0 atom stereocenters. The number of carbonyl (C=O) groups excluding carboxylic acids is 3. The molecule has 1 amide bonds. The summed E-state index contributed by atoms with van der Waals surface area (Å²) in [7, 11) is 0. The zero-order chi connectivity index (χ0) is 33.1. The average Bonchev–Trinajstić information content (AvgIpc) is 3.02. The average molecular weight is 616 g/mol. The van der Waals surface area contributed by atoms with Crippen LogP contribution in [0.5, 0.6) is 5.75 Å². The molecule has 7 heteroatoms. The molecule has 4 aromatic carbocycles. The van der Waals surface area contributed by atoms with Gasteiger partial charge in [0, 0.05) is 35.6 Å². The second kappa shape index (κ2) is 13.4. The second-order valence-electron chi connectivity index (χ2n) is 12.0. The summed E-state index contributed by atoms with van der Waals surface area (Å²) in [6, 6.07) is 18.6. The van der Waals surface area contributed by atoms with E-state index in [4.69, 9.17) is 4.74 Å². The van der Waals surface area contributed by atoms with E-state index in [-0.39, 0.29) is 24.1 Å². The largest absolute Gasteiger partial charge is 0.484 e. The highest BCUT2D eigenvalue weighted by molar-refractivity contribution is 6.32. The fourth-order valence-corrected chi connectivity index (χ4v) is 6.26. The van der Waals surface area contributed by atoms with E-state index in [0.717, 1.165) is 45.6 Å². The third-order valence-corrected chi connectivity index (χ3v) is 8.34. The maximum absolute atomic E-state index is 14.1. The molecule has 2 N–H and O–H groups in total. The molecule has 1 aliphatic carbocycles. The van der Waals surface area contributed by atoms with Gasteiger partial charge in [-0.25, -0.2) is 0 Å². The van der Waals surface area contributed by atoms with Crippen LogP contribution < -0.4 is 15.4 Å².